The summed E-state index contributed by atoms with van der Waals surface area (Å²) in [6, 6.07) is 0. The zero-order chi connectivity index (χ0) is 23.0. The molecule has 2 unspecified atom stereocenters. The van der Waals surface area contributed by atoms with Gasteiger partial charge in [0.1, 0.15) is 11.7 Å². The van der Waals surface area contributed by atoms with Crippen molar-refractivity contribution < 1.29 is 25.2 Å². The van der Waals surface area contributed by atoms with Gasteiger partial charge in [-0.2, -0.15) is 0 Å². The summed E-state index contributed by atoms with van der Waals surface area (Å²) in [5, 5.41) is 40.3. The molecule has 0 spiro atoms. The molecule has 0 bridgehead atoms. The topological polar surface area (TPSA) is 98.0 Å². The summed E-state index contributed by atoms with van der Waals surface area (Å²) < 4.78 is 0. The highest BCUT2D eigenvalue weighted by molar-refractivity contribution is 5.89. The first-order valence-corrected chi connectivity index (χ1v) is 12.1. The van der Waals surface area contributed by atoms with Gasteiger partial charge in [0.05, 0.1) is 12.2 Å². The number of ketones is 1. The minimum Gasteiger partial charge on any atom is -0.393 e. The molecule has 0 saturated heterocycles. The molecule has 3 saturated carbocycles. The molecule has 176 valence electrons. The fourth-order valence-corrected chi connectivity index (χ4v) is 6.78. The molecule has 0 radical (unpaired) electrons. The normalized spacial score (nSPS) is 37.4. The molecule has 3 aliphatic carbocycles. The van der Waals surface area contributed by atoms with E-state index in [-0.39, 0.29) is 11.3 Å². The maximum atomic E-state index is 12.3. The number of carbonyl (C=O) groups excluding carboxylic acids is 1. The summed E-state index contributed by atoms with van der Waals surface area (Å²) in [5.74, 6) is 0.659. The second kappa shape index (κ2) is 9.46. The Morgan fingerprint density at radius 1 is 1.19 bits per heavy atom. The van der Waals surface area contributed by atoms with E-state index in [0.29, 0.717) is 37.5 Å². The van der Waals surface area contributed by atoms with Gasteiger partial charge in [-0.1, -0.05) is 37.1 Å². The molecule has 0 aliphatic heterocycles. The van der Waals surface area contributed by atoms with Gasteiger partial charge in [-0.15, -0.1) is 0 Å². The van der Waals surface area contributed by atoms with Gasteiger partial charge in [-0.3, -0.25) is 4.79 Å². The maximum absolute atomic E-state index is 12.3. The van der Waals surface area contributed by atoms with Crippen LogP contribution in [0.5, 0.6) is 0 Å². The fraction of sp³-hybridized carbons (Fsp3) is 0.808. The molecule has 5 nitrogen and oxygen atoms in total. The Kier molecular flexibility index (Phi) is 7.52. The van der Waals surface area contributed by atoms with Crippen LogP contribution in [0.15, 0.2) is 23.3 Å². The van der Waals surface area contributed by atoms with Gasteiger partial charge in [0.15, 0.2) is 5.78 Å². The van der Waals surface area contributed by atoms with Gasteiger partial charge in [-0.25, -0.2) is 0 Å². The van der Waals surface area contributed by atoms with E-state index in [1.54, 1.807) is 0 Å². The number of Topliss-reactive ketones (excluding diaryl/α,β-unsaturated/α-hetero) is 1. The lowest BCUT2D eigenvalue weighted by molar-refractivity contribution is -0.144. The Balaban J connectivity index is 1.71. The first-order valence-electron chi connectivity index (χ1n) is 12.1. The van der Waals surface area contributed by atoms with Crippen LogP contribution in [-0.4, -0.2) is 50.1 Å². The molecule has 0 aromatic rings. The summed E-state index contributed by atoms with van der Waals surface area (Å²) in [6.07, 6.45) is 10.2. The fourth-order valence-electron chi connectivity index (χ4n) is 6.78. The summed E-state index contributed by atoms with van der Waals surface area (Å²) in [7, 11) is 0. The van der Waals surface area contributed by atoms with Crippen LogP contribution in [0.1, 0.15) is 85.5 Å². The van der Waals surface area contributed by atoms with E-state index in [1.165, 1.54) is 19.4 Å². The van der Waals surface area contributed by atoms with Crippen molar-refractivity contribution in [3.63, 3.8) is 0 Å². The lowest BCUT2D eigenvalue weighted by Crippen LogP contribution is -2.42. The zero-order valence-corrected chi connectivity index (χ0v) is 19.7. The highest BCUT2D eigenvalue weighted by Gasteiger charge is 2.51. The molecule has 0 aromatic carbocycles. The summed E-state index contributed by atoms with van der Waals surface area (Å²) in [6.45, 7) is 7.40. The van der Waals surface area contributed by atoms with Crippen LogP contribution in [0.2, 0.25) is 0 Å². The lowest BCUT2D eigenvalue weighted by Gasteiger charge is -2.44. The predicted molar refractivity (Wildman–Crippen MR) is 121 cm³/mol. The standard InChI is InChI=1S/C26H42O5/c1-16(12-23(29)24(30)25(2,3)31)21-9-10-22-18(6-5-11-26(21,22)4)8-7-17-13-19(27)15-20(28)14-17/h7-8,16,19-23,27-29,31H,5-6,9-15H2,1-4H3/b18-8+/t16-,19-,20-,21?,22?,23-,26-/m1/s1. The number of rotatable bonds is 6. The van der Waals surface area contributed by atoms with Crippen LogP contribution in [0.3, 0.4) is 0 Å². The number of fused-ring (bicyclic) bond motifs is 1. The van der Waals surface area contributed by atoms with Crippen LogP contribution in [0.4, 0.5) is 0 Å². The average molecular weight is 435 g/mol. The van der Waals surface area contributed by atoms with Gasteiger partial charge in [0.2, 0.25) is 0 Å². The van der Waals surface area contributed by atoms with Crippen LogP contribution >= 0.6 is 0 Å². The van der Waals surface area contributed by atoms with Crippen molar-refractivity contribution in [2.75, 3.05) is 0 Å². The third kappa shape index (κ3) is 5.50. The van der Waals surface area contributed by atoms with Crippen molar-refractivity contribution in [3.8, 4) is 0 Å². The molecule has 3 rings (SSSR count). The van der Waals surface area contributed by atoms with Crippen LogP contribution in [0, 0.1) is 23.2 Å². The van der Waals surface area contributed by atoms with E-state index < -0.39 is 29.7 Å². The largest absolute Gasteiger partial charge is 0.393 e. The lowest BCUT2D eigenvalue weighted by atomic mass is 9.60. The van der Waals surface area contributed by atoms with Crippen LogP contribution < -0.4 is 0 Å². The molecule has 3 aliphatic rings. The minimum atomic E-state index is -1.50. The van der Waals surface area contributed by atoms with Gasteiger partial charge in [0, 0.05) is 0 Å². The van der Waals surface area contributed by atoms with Crippen molar-refractivity contribution in [1.29, 1.82) is 0 Å². The van der Waals surface area contributed by atoms with Crippen LogP contribution in [-0.2, 0) is 4.79 Å². The molecule has 4 N–H and O–H groups in total. The third-order valence-corrected chi connectivity index (χ3v) is 8.30. The number of aliphatic hydroxyl groups is 4. The molecular weight excluding hydrogens is 392 g/mol. The third-order valence-electron chi connectivity index (χ3n) is 8.30. The highest BCUT2D eigenvalue weighted by atomic mass is 16.3. The SMILES string of the molecule is C[C@H](C[C@@H](O)C(=O)C(C)(C)O)C1CCC2/C(=C/C=C3C[C@@H](O)C[C@H](O)C3)CCC[C@@]21C. The summed E-state index contributed by atoms with van der Waals surface area (Å²) >= 11 is 0. The Morgan fingerprint density at radius 2 is 1.84 bits per heavy atom. The number of hydrogen-bond donors (Lipinski definition) is 4. The van der Waals surface area contributed by atoms with Crippen LogP contribution in [0.25, 0.3) is 0 Å². The average Bonchev–Trinajstić information content (AvgIpc) is 3.01. The van der Waals surface area contributed by atoms with E-state index in [2.05, 4.69) is 26.0 Å². The van der Waals surface area contributed by atoms with E-state index in [1.807, 2.05) is 0 Å². The van der Waals surface area contributed by atoms with Crippen molar-refractivity contribution in [1.82, 2.24) is 0 Å². The number of aliphatic hydroxyl groups excluding tert-OH is 3. The molecule has 3 fully saturated rings. The second-order valence-corrected chi connectivity index (χ2v) is 11.3. The van der Waals surface area contributed by atoms with E-state index in [4.69, 9.17) is 0 Å². The van der Waals surface area contributed by atoms with Crippen molar-refractivity contribution >= 4 is 5.78 Å². The van der Waals surface area contributed by atoms with Crippen molar-refractivity contribution in [2.45, 2.75) is 109 Å². The van der Waals surface area contributed by atoms with Crippen molar-refractivity contribution in [2.24, 2.45) is 23.2 Å². The monoisotopic (exact) mass is 434 g/mol. The summed E-state index contributed by atoms with van der Waals surface area (Å²) in [4.78, 5) is 12.3. The Morgan fingerprint density at radius 3 is 2.45 bits per heavy atom. The Labute approximate surface area is 187 Å². The van der Waals surface area contributed by atoms with Gasteiger partial charge in [-0.05, 0) is 94.8 Å². The van der Waals surface area contributed by atoms with Gasteiger partial charge in [0.25, 0.3) is 0 Å². The second-order valence-electron chi connectivity index (χ2n) is 11.3. The van der Waals surface area contributed by atoms with E-state index in [9.17, 15) is 25.2 Å². The smallest absolute Gasteiger partial charge is 0.192 e. The Hall–Kier alpha value is -1.01. The quantitative estimate of drug-likeness (QED) is 0.511. The number of carbonyl (C=O) groups is 1. The molecular formula is C26H42O5. The molecule has 31 heavy (non-hydrogen) atoms. The molecule has 0 heterocycles. The first kappa shape index (κ1) is 24.6. The number of hydrogen-bond acceptors (Lipinski definition) is 5. The molecule has 7 atom stereocenters. The molecule has 5 heteroatoms. The van der Waals surface area contributed by atoms with Gasteiger partial charge >= 0.3 is 0 Å². The number of allylic oxidation sites excluding steroid dienone is 3. The molecule has 0 amide bonds. The van der Waals surface area contributed by atoms with E-state index >= 15 is 0 Å². The summed E-state index contributed by atoms with van der Waals surface area (Å²) in [5.41, 5.74) is 1.25. The predicted octanol–water partition coefficient (Wildman–Crippen LogP) is 3.69. The first-order chi connectivity index (χ1) is 14.4. The van der Waals surface area contributed by atoms with Gasteiger partial charge < -0.3 is 20.4 Å². The molecule has 0 aromatic heterocycles. The van der Waals surface area contributed by atoms with E-state index in [0.717, 1.165) is 37.7 Å². The zero-order valence-electron chi connectivity index (χ0n) is 19.7. The maximum Gasteiger partial charge on any atom is 0.192 e. The minimum absolute atomic E-state index is 0.158. The van der Waals surface area contributed by atoms with Crippen molar-refractivity contribution in [3.05, 3.63) is 23.3 Å². The highest BCUT2D eigenvalue weighted by Crippen LogP contribution is 2.59. The Bertz CT molecular complexity index is 706.